The molecule has 2 aromatic carbocycles. The van der Waals surface area contributed by atoms with Crippen molar-refractivity contribution in [2.45, 2.75) is 13.0 Å². The van der Waals surface area contributed by atoms with Crippen molar-refractivity contribution in [1.29, 1.82) is 0 Å². The smallest absolute Gasteiger partial charge is 0.468 e. The summed E-state index contributed by atoms with van der Waals surface area (Å²) < 4.78 is 41.3. The van der Waals surface area contributed by atoms with E-state index in [1.165, 1.54) is 31.2 Å². The minimum Gasteiger partial charge on any atom is -0.468 e. The zero-order chi connectivity index (χ0) is 20.0. The Morgan fingerprint density at radius 3 is 2.04 bits per heavy atom. The zero-order valence-electron chi connectivity index (χ0n) is 14.3. The number of nitrogens with zero attached hydrogens (tertiary/aromatic N) is 1. The van der Waals surface area contributed by atoms with E-state index in [1.54, 1.807) is 0 Å². The van der Waals surface area contributed by atoms with E-state index in [0.717, 1.165) is 31.4 Å². The summed E-state index contributed by atoms with van der Waals surface area (Å²) in [4.78, 5) is 21.7. The predicted octanol–water partition coefficient (Wildman–Crippen LogP) is 3.45. The average Bonchev–Trinajstić information content (AvgIpc) is 2.63. The van der Waals surface area contributed by atoms with E-state index in [9.17, 15) is 23.9 Å². The van der Waals surface area contributed by atoms with Crippen molar-refractivity contribution in [3.8, 4) is 11.5 Å². The van der Waals surface area contributed by atoms with Gasteiger partial charge in [-0.1, -0.05) is 0 Å². The van der Waals surface area contributed by atoms with Crippen LogP contribution in [0, 0.1) is 15.9 Å². The third-order valence-electron chi connectivity index (χ3n) is 3.22. The van der Waals surface area contributed by atoms with Crippen molar-refractivity contribution in [3.63, 3.8) is 0 Å². The number of hydrogen-bond acceptors (Lipinski definition) is 7. The lowest BCUT2D eigenvalue weighted by Crippen LogP contribution is -2.35. The Bertz CT molecular complexity index is 858. The van der Waals surface area contributed by atoms with Gasteiger partial charge in [0, 0.05) is 12.1 Å². The summed E-state index contributed by atoms with van der Waals surface area (Å²) in [7, 11) is -3.03. The van der Waals surface area contributed by atoms with E-state index in [-0.39, 0.29) is 17.2 Å². The molecular weight excluding hydrogens is 382 g/mol. The first-order chi connectivity index (χ1) is 12.7. The Morgan fingerprint density at radius 1 is 1.11 bits per heavy atom. The molecule has 1 N–H and O–H groups in total. The molecule has 2 aromatic rings. The van der Waals surface area contributed by atoms with Gasteiger partial charge < -0.3 is 13.8 Å². The van der Waals surface area contributed by atoms with Crippen LogP contribution < -0.4 is 14.1 Å². The van der Waals surface area contributed by atoms with Crippen LogP contribution >= 0.6 is 7.75 Å². The Morgan fingerprint density at radius 2 is 1.59 bits per heavy atom. The van der Waals surface area contributed by atoms with Gasteiger partial charge in [0.15, 0.2) is 0 Å². The molecule has 0 aromatic heterocycles. The van der Waals surface area contributed by atoms with Crippen LogP contribution in [0.5, 0.6) is 11.5 Å². The summed E-state index contributed by atoms with van der Waals surface area (Å²) in [6, 6.07) is 8.34. The highest BCUT2D eigenvalue weighted by Crippen LogP contribution is 2.45. The van der Waals surface area contributed by atoms with E-state index in [2.05, 4.69) is 9.82 Å². The molecule has 0 aliphatic rings. The van der Waals surface area contributed by atoms with Gasteiger partial charge in [0.1, 0.15) is 23.4 Å². The molecule has 0 radical (unpaired) electrons. The predicted molar refractivity (Wildman–Crippen MR) is 93.0 cm³/mol. The van der Waals surface area contributed by atoms with Gasteiger partial charge in [-0.2, -0.15) is 5.09 Å². The molecule has 0 saturated carbocycles. The minimum absolute atomic E-state index is 0.00406. The normalized spacial score (nSPS) is 13.9. The van der Waals surface area contributed by atoms with Crippen molar-refractivity contribution in [2.24, 2.45) is 0 Å². The van der Waals surface area contributed by atoms with Crippen LogP contribution in [0.3, 0.4) is 0 Å². The molecule has 0 amide bonds. The Kier molecular flexibility index (Phi) is 6.49. The number of hydrogen-bond donors (Lipinski definition) is 1. The van der Waals surface area contributed by atoms with E-state index in [1.807, 2.05) is 0 Å². The molecule has 144 valence electrons. The monoisotopic (exact) mass is 398 g/mol. The fourth-order valence-corrected chi connectivity index (χ4v) is 3.46. The lowest BCUT2D eigenvalue weighted by atomic mass is 10.3. The van der Waals surface area contributed by atoms with Crippen LogP contribution in [-0.2, 0) is 14.1 Å². The second-order valence-electron chi connectivity index (χ2n) is 5.26. The molecule has 1 unspecified atom stereocenters. The van der Waals surface area contributed by atoms with Crippen molar-refractivity contribution in [3.05, 3.63) is 64.5 Å². The number of carbonyl (C=O) groups is 1. The van der Waals surface area contributed by atoms with Gasteiger partial charge in [-0.3, -0.25) is 14.9 Å². The van der Waals surface area contributed by atoms with Gasteiger partial charge >= 0.3 is 13.7 Å². The average molecular weight is 398 g/mol. The Labute approximate surface area is 153 Å². The second kappa shape index (κ2) is 8.61. The summed E-state index contributed by atoms with van der Waals surface area (Å²) in [5.74, 6) is -1.23. The second-order valence-corrected chi connectivity index (χ2v) is 6.88. The fourth-order valence-electron chi connectivity index (χ4n) is 1.94. The molecule has 0 aliphatic carbocycles. The van der Waals surface area contributed by atoms with E-state index >= 15 is 0 Å². The Hall–Kier alpha value is -2.97. The van der Waals surface area contributed by atoms with Crippen molar-refractivity contribution >= 4 is 19.4 Å². The number of nitrogens with one attached hydrogen (secondary N) is 1. The molecule has 2 atom stereocenters. The quantitative estimate of drug-likeness (QED) is 0.311. The SMILES string of the molecule is COC(=O)[C@H](C)NP(=O)(Oc1ccc(F)cc1)Oc1ccc([N+](=O)[O-])cc1. The summed E-state index contributed by atoms with van der Waals surface area (Å²) in [5, 5.41) is 13.1. The summed E-state index contributed by atoms with van der Waals surface area (Å²) >= 11 is 0. The van der Waals surface area contributed by atoms with Gasteiger partial charge in [0.25, 0.3) is 5.69 Å². The maximum Gasteiger partial charge on any atom is 0.513 e. The summed E-state index contributed by atoms with van der Waals surface area (Å²) in [5.41, 5.74) is -0.187. The lowest BCUT2D eigenvalue weighted by molar-refractivity contribution is -0.384. The molecule has 0 fully saturated rings. The maximum atomic E-state index is 13.1. The largest absolute Gasteiger partial charge is 0.513 e. The summed E-state index contributed by atoms with van der Waals surface area (Å²) in [6.45, 7) is 1.38. The third kappa shape index (κ3) is 5.77. The molecule has 0 heterocycles. The highest BCUT2D eigenvalue weighted by molar-refractivity contribution is 7.52. The third-order valence-corrected chi connectivity index (χ3v) is 4.82. The molecule has 2 rings (SSSR count). The number of carbonyl (C=O) groups excluding carboxylic acids is 1. The molecule has 11 heteroatoms. The molecule has 0 bridgehead atoms. The molecular formula is C16H16FN2O7P. The van der Waals surface area contributed by atoms with Gasteiger partial charge in [0.05, 0.1) is 12.0 Å². The van der Waals surface area contributed by atoms with Gasteiger partial charge in [-0.05, 0) is 43.3 Å². The number of rotatable bonds is 8. The number of ether oxygens (including phenoxy) is 1. The number of esters is 1. The van der Waals surface area contributed by atoms with Crippen LogP contribution in [0.1, 0.15) is 6.92 Å². The van der Waals surface area contributed by atoms with Crippen LogP contribution in [-0.4, -0.2) is 24.0 Å². The topological polar surface area (TPSA) is 117 Å². The lowest BCUT2D eigenvalue weighted by Gasteiger charge is -2.22. The van der Waals surface area contributed by atoms with Gasteiger partial charge in [-0.25, -0.2) is 8.96 Å². The van der Waals surface area contributed by atoms with E-state index in [0.29, 0.717) is 0 Å². The first-order valence-electron chi connectivity index (χ1n) is 7.57. The molecule has 0 aliphatic heterocycles. The van der Waals surface area contributed by atoms with Crippen LogP contribution in [0.2, 0.25) is 0 Å². The van der Waals surface area contributed by atoms with Crippen molar-refractivity contribution in [1.82, 2.24) is 5.09 Å². The number of methoxy groups -OCH3 is 1. The number of nitro groups is 1. The first-order valence-corrected chi connectivity index (χ1v) is 9.11. The van der Waals surface area contributed by atoms with Crippen LogP contribution in [0.15, 0.2) is 48.5 Å². The molecule has 27 heavy (non-hydrogen) atoms. The van der Waals surface area contributed by atoms with Crippen molar-refractivity contribution < 1.29 is 32.5 Å². The molecule has 9 nitrogen and oxygen atoms in total. The van der Waals surface area contributed by atoms with E-state index < -0.39 is 30.5 Å². The maximum absolute atomic E-state index is 13.1. The zero-order valence-corrected chi connectivity index (χ0v) is 15.2. The number of halogens is 1. The standard InChI is InChI=1S/C16H16FN2O7P/c1-11(16(20)24-2)18-27(23,25-14-7-3-12(17)4-8-14)26-15-9-5-13(6-10-15)19(21)22/h3-11H,1-2H3,(H,18,23)/t11-,27?/m0/s1. The number of nitro benzene ring substituents is 1. The highest BCUT2D eigenvalue weighted by Gasteiger charge is 2.33. The highest BCUT2D eigenvalue weighted by atomic mass is 31.2. The van der Waals surface area contributed by atoms with Gasteiger partial charge in [0.2, 0.25) is 0 Å². The van der Waals surface area contributed by atoms with Gasteiger partial charge in [-0.15, -0.1) is 0 Å². The Balaban J connectivity index is 2.27. The fraction of sp³-hybridized carbons (Fsp3) is 0.188. The van der Waals surface area contributed by atoms with Crippen LogP contribution in [0.25, 0.3) is 0 Å². The van der Waals surface area contributed by atoms with E-state index in [4.69, 9.17) is 9.05 Å². The van der Waals surface area contributed by atoms with Crippen LogP contribution in [0.4, 0.5) is 10.1 Å². The van der Waals surface area contributed by atoms with Crippen molar-refractivity contribution in [2.75, 3.05) is 7.11 Å². The molecule has 0 spiro atoms. The number of non-ortho nitro benzene ring substituents is 1. The minimum atomic E-state index is -4.18. The summed E-state index contributed by atoms with van der Waals surface area (Å²) in [6.07, 6.45) is 0. The number of benzene rings is 2. The molecule has 0 saturated heterocycles. The first kappa shape index (κ1) is 20.3.